The van der Waals surface area contributed by atoms with Crippen LogP contribution in [0.1, 0.15) is 50.7 Å². The Labute approximate surface area is 119 Å². The molecule has 0 aromatic heterocycles. The number of hydrogen-bond donors (Lipinski definition) is 2. The van der Waals surface area contributed by atoms with Gasteiger partial charge in [-0.25, -0.2) is 8.78 Å². The fraction of sp³-hybridized carbons (Fsp3) is 0.625. The third-order valence-electron chi connectivity index (χ3n) is 4.35. The molecule has 1 atom stereocenters. The van der Waals surface area contributed by atoms with E-state index in [9.17, 15) is 13.9 Å². The van der Waals surface area contributed by atoms with E-state index in [1.54, 1.807) is 0 Å². The van der Waals surface area contributed by atoms with Crippen molar-refractivity contribution in [3.63, 3.8) is 0 Å². The average Bonchev–Trinajstić information content (AvgIpc) is 2.48. The predicted molar refractivity (Wildman–Crippen MR) is 75.4 cm³/mol. The van der Waals surface area contributed by atoms with Crippen LogP contribution >= 0.6 is 0 Å². The van der Waals surface area contributed by atoms with Crippen LogP contribution in [0.2, 0.25) is 0 Å². The first kappa shape index (κ1) is 15.4. The van der Waals surface area contributed by atoms with Gasteiger partial charge in [-0.2, -0.15) is 0 Å². The van der Waals surface area contributed by atoms with E-state index in [0.717, 1.165) is 30.9 Å². The van der Waals surface area contributed by atoms with Crippen molar-refractivity contribution in [1.29, 1.82) is 0 Å². The van der Waals surface area contributed by atoms with Crippen LogP contribution in [0.4, 0.5) is 8.78 Å². The molecule has 0 spiro atoms. The second kappa shape index (κ2) is 7.14. The summed E-state index contributed by atoms with van der Waals surface area (Å²) < 4.78 is 25.9. The van der Waals surface area contributed by atoms with E-state index in [-0.39, 0.29) is 0 Å². The minimum Gasteiger partial charge on any atom is -0.387 e. The maximum atomic E-state index is 13.1. The van der Waals surface area contributed by atoms with Crippen molar-refractivity contribution in [2.24, 2.45) is 5.92 Å². The predicted octanol–water partition coefficient (Wildman–Crippen LogP) is 3.56. The molecule has 1 fully saturated rings. The molecule has 0 saturated heterocycles. The van der Waals surface area contributed by atoms with E-state index >= 15 is 0 Å². The van der Waals surface area contributed by atoms with Crippen molar-refractivity contribution >= 4 is 0 Å². The Morgan fingerprint density at radius 1 is 1.20 bits per heavy atom. The molecule has 2 rings (SSSR count). The molecule has 20 heavy (non-hydrogen) atoms. The summed E-state index contributed by atoms with van der Waals surface area (Å²) >= 11 is 0. The highest BCUT2D eigenvalue weighted by Gasteiger charge is 2.20. The first-order valence-corrected chi connectivity index (χ1v) is 7.46. The summed E-state index contributed by atoms with van der Waals surface area (Å²) in [6.07, 6.45) is 5.16. The molecular formula is C16H23F2NO. The molecule has 1 aromatic rings. The summed E-state index contributed by atoms with van der Waals surface area (Å²) in [6.45, 7) is 2.61. The molecule has 0 bridgehead atoms. The summed E-state index contributed by atoms with van der Waals surface area (Å²) in [5, 5.41) is 13.3. The van der Waals surface area contributed by atoms with Gasteiger partial charge in [0.15, 0.2) is 11.6 Å². The lowest BCUT2D eigenvalue weighted by Crippen LogP contribution is -2.35. The smallest absolute Gasteiger partial charge is 0.159 e. The first-order chi connectivity index (χ1) is 9.60. The Kier molecular flexibility index (Phi) is 5.49. The third-order valence-corrected chi connectivity index (χ3v) is 4.35. The lowest BCUT2D eigenvalue weighted by atomic mass is 9.84. The van der Waals surface area contributed by atoms with Gasteiger partial charge in [-0.15, -0.1) is 0 Å². The molecule has 1 aromatic carbocycles. The zero-order chi connectivity index (χ0) is 14.5. The Balaban J connectivity index is 1.80. The minimum absolute atomic E-state index is 0.381. The molecule has 1 aliphatic rings. The van der Waals surface area contributed by atoms with E-state index in [1.807, 2.05) is 0 Å². The van der Waals surface area contributed by atoms with Crippen LogP contribution in [0.5, 0.6) is 0 Å². The van der Waals surface area contributed by atoms with Gasteiger partial charge in [-0.1, -0.05) is 19.4 Å². The van der Waals surface area contributed by atoms with E-state index in [1.165, 1.54) is 25.3 Å². The summed E-state index contributed by atoms with van der Waals surface area (Å²) in [5.41, 5.74) is 0.415. The molecule has 0 radical (unpaired) electrons. The highest BCUT2D eigenvalue weighted by molar-refractivity contribution is 5.20. The van der Waals surface area contributed by atoms with Gasteiger partial charge in [0, 0.05) is 12.6 Å². The van der Waals surface area contributed by atoms with Crippen molar-refractivity contribution in [1.82, 2.24) is 5.32 Å². The molecule has 2 N–H and O–H groups in total. The second-order valence-corrected chi connectivity index (χ2v) is 5.72. The van der Waals surface area contributed by atoms with Gasteiger partial charge in [0.2, 0.25) is 0 Å². The van der Waals surface area contributed by atoms with E-state index in [0.29, 0.717) is 18.2 Å². The topological polar surface area (TPSA) is 32.3 Å². The average molecular weight is 283 g/mol. The van der Waals surface area contributed by atoms with Crippen LogP contribution < -0.4 is 5.32 Å². The Morgan fingerprint density at radius 3 is 2.50 bits per heavy atom. The summed E-state index contributed by atoms with van der Waals surface area (Å²) in [6, 6.07) is 3.98. The van der Waals surface area contributed by atoms with E-state index in [4.69, 9.17) is 0 Å². The number of aliphatic hydroxyl groups excluding tert-OH is 1. The van der Waals surface area contributed by atoms with Crippen LogP contribution in [0.3, 0.4) is 0 Å². The number of benzene rings is 1. The monoisotopic (exact) mass is 283 g/mol. The Hall–Kier alpha value is -1.00. The normalized spacial score (nSPS) is 24.6. The van der Waals surface area contributed by atoms with Crippen molar-refractivity contribution in [3.8, 4) is 0 Å². The van der Waals surface area contributed by atoms with Gasteiger partial charge in [0.05, 0.1) is 6.10 Å². The van der Waals surface area contributed by atoms with Crippen molar-refractivity contribution < 1.29 is 13.9 Å². The van der Waals surface area contributed by atoms with Gasteiger partial charge < -0.3 is 10.4 Å². The number of nitrogens with one attached hydrogen (secondary N) is 1. The number of aliphatic hydroxyl groups is 1. The van der Waals surface area contributed by atoms with Crippen molar-refractivity contribution in [3.05, 3.63) is 35.4 Å². The molecule has 0 amide bonds. The van der Waals surface area contributed by atoms with Gasteiger partial charge >= 0.3 is 0 Å². The standard InChI is InChI=1S/C16H23F2NO/c1-2-11-3-6-13(7-4-11)19-10-16(20)12-5-8-14(17)15(18)9-12/h5,8-9,11,13,16,19-20H,2-4,6-7,10H2,1H3. The van der Waals surface area contributed by atoms with Gasteiger partial charge in [0.25, 0.3) is 0 Å². The number of hydrogen-bond acceptors (Lipinski definition) is 2. The summed E-state index contributed by atoms with van der Waals surface area (Å²) in [7, 11) is 0. The Bertz CT molecular complexity index is 430. The Morgan fingerprint density at radius 2 is 1.90 bits per heavy atom. The van der Waals surface area contributed by atoms with Gasteiger partial charge in [-0.05, 0) is 49.3 Å². The molecule has 4 heteroatoms. The van der Waals surface area contributed by atoms with Crippen LogP contribution in [-0.2, 0) is 0 Å². The fourth-order valence-corrected chi connectivity index (χ4v) is 2.89. The fourth-order valence-electron chi connectivity index (χ4n) is 2.89. The van der Waals surface area contributed by atoms with Crippen LogP contribution in [0.15, 0.2) is 18.2 Å². The third kappa shape index (κ3) is 4.00. The molecule has 2 nitrogen and oxygen atoms in total. The first-order valence-electron chi connectivity index (χ1n) is 7.46. The van der Waals surface area contributed by atoms with Crippen molar-refractivity contribution in [2.75, 3.05) is 6.54 Å². The molecule has 0 heterocycles. The lowest BCUT2D eigenvalue weighted by molar-refractivity contribution is 0.161. The van der Waals surface area contributed by atoms with Gasteiger partial charge in [0.1, 0.15) is 0 Å². The van der Waals surface area contributed by atoms with Crippen LogP contribution in [0, 0.1) is 17.6 Å². The van der Waals surface area contributed by atoms with Crippen LogP contribution in [-0.4, -0.2) is 17.7 Å². The summed E-state index contributed by atoms with van der Waals surface area (Å²) in [4.78, 5) is 0. The number of rotatable bonds is 5. The second-order valence-electron chi connectivity index (χ2n) is 5.72. The minimum atomic E-state index is -0.912. The maximum Gasteiger partial charge on any atom is 0.159 e. The zero-order valence-electron chi connectivity index (χ0n) is 11.9. The van der Waals surface area contributed by atoms with Crippen molar-refractivity contribution in [2.45, 2.75) is 51.2 Å². The van der Waals surface area contributed by atoms with E-state index in [2.05, 4.69) is 12.2 Å². The quantitative estimate of drug-likeness (QED) is 0.866. The zero-order valence-corrected chi connectivity index (χ0v) is 11.9. The maximum absolute atomic E-state index is 13.1. The molecule has 1 aliphatic carbocycles. The largest absolute Gasteiger partial charge is 0.387 e. The number of halogens is 2. The SMILES string of the molecule is CCC1CCC(NCC(O)c2ccc(F)c(F)c2)CC1. The molecular weight excluding hydrogens is 260 g/mol. The lowest BCUT2D eigenvalue weighted by Gasteiger charge is -2.29. The van der Waals surface area contributed by atoms with Gasteiger partial charge in [-0.3, -0.25) is 0 Å². The molecule has 0 aliphatic heterocycles. The van der Waals surface area contributed by atoms with E-state index < -0.39 is 17.7 Å². The highest BCUT2D eigenvalue weighted by atomic mass is 19.2. The molecule has 112 valence electrons. The summed E-state index contributed by atoms with van der Waals surface area (Å²) in [5.74, 6) is -0.957. The van der Waals surface area contributed by atoms with Crippen LogP contribution in [0.25, 0.3) is 0 Å². The molecule has 1 unspecified atom stereocenters. The highest BCUT2D eigenvalue weighted by Crippen LogP contribution is 2.26. The molecule has 1 saturated carbocycles.